The number of rotatable bonds is 6. The Labute approximate surface area is 123 Å². The second-order valence-electron chi connectivity index (χ2n) is 6.64. The van der Waals surface area contributed by atoms with Gasteiger partial charge >= 0.3 is 6.09 Å². The second kappa shape index (κ2) is 7.84. The molecule has 1 N–H and O–H groups in total. The van der Waals surface area contributed by atoms with E-state index in [1.54, 1.807) is 4.90 Å². The highest BCUT2D eigenvalue weighted by molar-refractivity contribution is 5.68. The molecular weight excluding hydrogens is 256 g/mol. The maximum Gasteiger partial charge on any atom is 0.410 e. The van der Waals surface area contributed by atoms with Crippen LogP contribution in [0.3, 0.4) is 0 Å². The molecule has 0 saturated carbocycles. The maximum absolute atomic E-state index is 11.9. The number of hydrogen-bond donors (Lipinski definition) is 1. The quantitative estimate of drug-likeness (QED) is 0.762. The molecule has 0 spiro atoms. The lowest BCUT2D eigenvalue weighted by Crippen LogP contribution is -2.38. The predicted octanol–water partition coefficient (Wildman–Crippen LogP) is 2.40. The topological polar surface area (TPSA) is 50.8 Å². The van der Waals surface area contributed by atoms with Crippen LogP contribution in [0.5, 0.6) is 0 Å². The summed E-state index contributed by atoms with van der Waals surface area (Å²) in [5.74, 6) is 0. The standard InChI is InChI=1S/C15H30N2O3/c1-12(2)19-10-6-8-16-13-7-9-17(11-13)14(18)20-15(3,4)5/h12-13,16H,6-11H2,1-5H3. The van der Waals surface area contributed by atoms with E-state index in [0.29, 0.717) is 12.1 Å². The number of nitrogens with zero attached hydrogens (tertiary/aromatic N) is 1. The van der Waals surface area contributed by atoms with E-state index in [4.69, 9.17) is 9.47 Å². The first-order valence-corrected chi connectivity index (χ1v) is 7.61. The van der Waals surface area contributed by atoms with Gasteiger partial charge in [0.1, 0.15) is 5.60 Å². The fourth-order valence-corrected chi connectivity index (χ4v) is 2.12. The molecule has 20 heavy (non-hydrogen) atoms. The van der Waals surface area contributed by atoms with Crippen LogP contribution in [-0.2, 0) is 9.47 Å². The molecular formula is C15H30N2O3. The van der Waals surface area contributed by atoms with Crippen LogP contribution in [0.1, 0.15) is 47.5 Å². The number of ether oxygens (including phenoxy) is 2. The molecule has 1 rings (SSSR count). The summed E-state index contributed by atoms with van der Waals surface area (Å²) in [6.45, 7) is 13.0. The maximum atomic E-state index is 11.9. The van der Waals surface area contributed by atoms with Gasteiger partial charge in [-0.25, -0.2) is 4.79 Å². The van der Waals surface area contributed by atoms with Crippen LogP contribution in [0.2, 0.25) is 0 Å². The van der Waals surface area contributed by atoms with Gasteiger partial charge in [-0.1, -0.05) is 0 Å². The van der Waals surface area contributed by atoms with E-state index in [0.717, 1.165) is 39.1 Å². The van der Waals surface area contributed by atoms with Crippen LogP contribution in [0.4, 0.5) is 4.79 Å². The molecule has 1 aliphatic heterocycles. The van der Waals surface area contributed by atoms with Gasteiger partial charge in [0.15, 0.2) is 0 Å². The lowest BCUT2D eigenvalue weighted by atomic mass is 10.2. The van der Waals surface area contributed by atoms with E-state index < -0.39 is 5.60 Å². The van der Waals surface area contributed by atoms with Crippen LogP contribution in [0.15, 0.2) is 0 Å². The summed E-state index contributed by atoms with van der Waals surface area (Å²) in [5.41, 5.74) is -0.420. The SMILES string of the molecule is CC(C)OCCCNC1CCN(C(=O)OC(C)(C)C)C1. The highest BCUT2D eigenvalue weighted by Crippen LogP contribution is 2.15. The summed E-state index contributed by atoms with van der Waals surface area (Å²) < 4.78 is 10.9. The Hall–Kier alpha value is -0.810. The Bertz CT molecular complexity index is 300. The van der Waals surface area contributed by atoms with E-state index in [-0.39, 0.29) is 6.09 Å². The van der Waals surface area contributed by atoms with Gasteiger partial charge in [0, 0.05) is 25.7 Å². The smallest absolute Gasteiger partial charge is 0.410 e. The van der Waals surface area contributed by atoms with Crippen LogP contribution >= 0.6 is 0 Å². The first-order valence-electron chi connectivity index (χ1n) is 7.61. The van der Waals surface area contributed by atoms with Crippen molar-refractivity contribution in [1.29, 1.82) is 0 Å². The molecule has 1 amide bonds. The molecule has 0 aromatic carbocycles. The third kappa shape index (κ3) is 7.10. The van der Waals surface area contributed by atoms with E-state index >= 15 is 0 Å². The third-order valence-corrected chi connectivity index (χ3v) is 3.05. The molecule has 5 nitrogen and oxygen atoms in total. The lowest BCUT2D eigenvalue weighted by Gasteiger charge is -2.24. The van der Waals surface area contributed by atoms with Gasteiger partial charge in [-0.3, -0.25) is 0 Å². The fourth-order valence-electron chi connectivity index (χ4n) is 2.12. The predicted molar refractivity (Wildman–Crippen MR) is 79.9 cm³/mol. The van der Waals surface area contributed by atoms with Gasteiger partial charge in [0.05, 0.1) is 6.10 Å². The van der Waals surface area contributed by atoms with Crippen molar-refractivity contribution >= 4 is 6.09 Å². The van der Waals surface area contributed by atoms with Crippen LogP contribution < -0.4 is 5.32 Å². The third-order valence-electron chi connectivity index (χ3n) is 3.05. The van der Waals surface area contributed by atoms with E-state index in [1.165, 1.54) is 0 Å². The fraction of sp³-hybridized carbons (Fsp3) is 0.933. The van der Waals surface area contributed by atoms with Crippen molar-refractivity contribution in [2.24, 2.45) is 0 Å². The molecule has 0 radical (unpaired) electrons. The normalized spacial score (nSPS) is 19.7. The zero-order valence-corrected chi connectivity index (χ0v) is 13.6. The average molecular weight is 286 g/mol. The molecule has 0 aromatic rings. The molecule has 0 bridgehead atoms. The first-order chi connectivity index (χ1) is 9.28. The van der Waals surface area contributed by atoms with Crippen molar-refractivity contribution in [2.75, 3.05) is 26.2 Å². The van der Waals surface area contributed by atoms with Crippen molar-refractivity contribution < 1.29 is 14.3 Å². The largest absolute Gasteiger partial charge is 0.444 e. The summed E-state index contributed by atoms with van der Waals surface area (Å²) in [4.78, 5) is 13.7. The Morgan fingerprint density at radius 2 is 2.10 bits per heavy atom. The Morgan fingerprint density at radius 3 is 2.70 bits per heavy atom. The molecule has 5 heteroatoms. The van der Waals surface area contributed by atoms with Crippen molar-refractivity contribution in [3.63, 3.8) is 0 Å². The molecule has 0 aliphatic carbocycles. The zero-order valence-electron chi connectivity index (χ0n) is 13.6. The summed E-state index contributed by atoms with van der Waals surface area (Å²) >= 11 is 0. The highest BCUT2D eigenvalue weighted by atomic mass is 16.6. The summed E-state index contributed by atoms with van der Waals surface area (Å²) in [7, 11) is 0. The summed E-state index contributed by atoms with van der Waals surface area (Å²) in [5, 5.41) is 3.47. The van der Waals surface area contributed by atoms with E-state index in [2.05, 4.69) is 5.32 Å². The zero-order chi connectivity index (χ0) is 15.2. The minimum absolute atomic E-state index is 0.204. The molecule has 1 saturated heterocycles. The van der Waals surface area contributed by atoms with Gasteiger partial charge in [0.25, 0.3) is 0 Å². The number of nitrogens with one attached hydrogen (secondary N) is 1. The molecule has 0 aromatic heterocycles. The minimum Gasteiger partial charge on any atom is -0.444 e. The molecule has 1 heterocycles. The molecule has 1 aliphatic rings. The highest BCUT2D eigenvalue weighted by Gasteiger charge is 2.29. The van der Waals surface area contributed by atoms with Gasteiger partial charge in [-0.15, -0.1) is 0 Å². The number of likely N-dealkylation sites (tertiary alicyclic amines) is 1. The lowest BCUT2D eigenvalue weighted by molar-refractivity contribution is 0.0290. The van der Waals surface area contributed by atoms with E-state index in [1.807, 2.05) is 34.6 Å². The molecule has 1 fully saturated rings. The molecule has 118 valence electrons. The van der Waals surface area contributed by atoms with Gasteiger partial charge < -0.3 is 19.7 Å². The number of carbonyl (C=O) groups excluding carboxylic acids is 1. The number of amides is 1. The number of hydrogen-bond acceptors (Lipinski definition) is 4. The minimum atomic E-state index is -0.420. The second-order valence-corrected chi connectivity index (χ2v) is 6.64. The summed E-state index contributed by atoms with van der Waals surface area (Å²) in [6, 6.07) is 0.376. The summed E-state index contributed by atoms with van der Waals surface area (Å²) in [6.07, 6.45) is 2.08. The Kier molecular flexibility index (Phi) is 6.76. The monoisotopic (exact) mass is 286 g/mol. The van der Waals surface area contributed by atoms with Gasteiger partial charge in [-0.2, -0.15) is 0 Å². The van der Waals surface area contributed by atoms with Crippen molar-refractivity contribution in [2.45, 2.75) is 65.2 Å². The average Bonchev–Trinajstić information content (AvgIpc) is 2.74. The Balaban J connectivity index is 2.15. The van der Waals surface area contributed by atoms with Crippen LogP contribution in [0, 0.1) is 0 Å². The molecule has 1 atom stereocenters. The van der Waals surface area contributed by atoms with Crippen molar-refractivity contribution in [3.05, 3.63) is 0 Å². The first kappa shape index (κ1) is 17.2. The van der Waals surface area contributed by atoms with E-state index in [9.17, 15) is 4.79 Å². The van der Waals surface area contributed by atoms with Gasteiger partial charge in [0.2, 0.25) is 0 Å². The van der Waals surface area contributed by atoms with Crippen molar-refractivity contribution in [1.82, 2.24) is 10.2 Å². The van der Waals surface area contributed by atoms with Gasteiger partial charge in [-0.05, 0) is 54.0 Å². The number of carbonyl (C=O) groups is 1. The Morgan fingerprint density at radius 1 is 1.40 bits per heavy atom. The van der Waals surface area contributed by atoms with Crippen LogP contribution in [-0.4, -0.2) is 55.0 Å². The van der Waals surface area contributed by atoms with Crippen molar-refractivity contribution in [3.8, 4) is 0 Å². The van der Waals surface area contributed by atoms with Crippen LogP contribution in [0.25, 0.3) is 0 Å². The molecule has 1 unspecified atom stereocenters.